The SMILES string of the molecule is Cc1ccc(Br)cc1NC(=O)c1[nH]cnc1C(=O)Nc1nc2cccc(OCCN3CCOCC3)c2[nH]1. The van der Waals surface area contributed by atoms with E-state index < -0.39 is 11.8 Å². The van der Waals surface area contributed by atoms with Crippen LogP contribution in [0.2, 0.25) is 0 Å². The Morgan fingerprint density at radius 1 is 1.16 bits per heavy atom. The molecule has 2 aromatic carbocycles. The fraction of sp³-hybridized carbons (Fsp3) is 0.280. The highest BCUT2D eigenvalue weighted by atomic mass is 79.9. The molecule has 1 aliphatic heterocycles. The van der Waals surface area contributed by atoms with Gasteiger partial charge in [0.1, 0.15) is 23.6 Å². The summed E-state index contributed by atoms with van der Waals surface area (Å²) in [6, 6.07) is 11.1. The normalized spacial score (nSPS) is 14.0. The number of nitrogens with zero attached hydrogens (tertiary/aromatic N) is 3. The third-order valence-corrected chi connectivity index (χ3v) is 6.50. The third kappa shape index (κ3) is 5.82. The topological polar surface area (TPSA) is 137 Å². The van der Waals surface area contributed by atoms with Gasteiger partial charge in [0.15, 0.2) is 5.69 Å². The number of carbonyl (C=O) groups excluding carboxylic acids is 2. The van der Waals surface area contributed by atoms with Gasteiger partial charge in [0.2, 0.25) is 5.95 Å². The molecule has 0 saturated carbocycles. The van der Waals surface area contributed by atoms with Gasteiger partial charge < -0.3 is 24.8 Å². The molecule has 0 unspecified atom stereocenters. The maximum absolute atomic E-state index is 13.0. The zero-order valence-electron chi connectivity index (χ0n) is 20.1. The number of halogens is 1. The van der Waals surface area contributed by atoms with E-state index in [1.807, 2.05) is 37.3 Å². The number of H-pyrrole nitrogens is 2. The summed E-state index contributed by atoms with van der Waals surface area (Å²) in [6.45, 7) is 6.45. The van der Waals surface area contributed by atoms with Crippen molar-refractivity contribution in [1.29, 1.82) is 0 Å². The fourth-order valence-corrected chi connectivity index (χ4v) is 4.38. The van der Waals surface area contributed by atoms with Crippen molar-refractivity contribution in [1.82, 2.24) is 24.8 Å². The van der Waals surface area contributed by atoms with Crippen LogP contribution >= 0.6 is 15.9 Å². The molecule has 1 saturated heterocycles. The molecule has 2 aromatic heterocycles. The summed E-state index contributed by atoms with van der Waals surface area (Å²) in [6.07, 6.45) is 1.30. The quantitative estimate of drug-likeness (QED) is 0.255. The highest BCUT2D eigenvalue weighted by Crippen LogP contribution is 2.26. The molecule has 12 heteroatoms. The summed E-state index contributed by atoms with van der Waals surface area (Å²) in [7, 11) is 0. The van der Waals surface area contributed by atoms with Crippen molar-refractivity contribution in [2.24, 2.45) is 0 Å². The van der Waals surface area contributed by atoms with Crippen molar-refractivity contribution in [2.75, 3.05) is 50.1 Å². The highest BCUT2D eigenvalue weighted by molar-refractivity contribution is 9.10. The Bertz CT molecular complexity index is 1430. The fourth-order valence-electron chi connectivity index (χ4n) is 4.01. The molecule has 1 aliphatic rings. The zero-order valence-corrected chi connectivity index (χ0v) is 21.7. The Hall–Kier alpha value is -3.74. The van der Waals surface area contributed by atoms with Gasteiger partial charge in [0, 0.05) is 29.8 Å². The van der Waals surface area contributed by atoms with E-state index in [2.05, 4.69) is 51.4 Å². The molecule has 0 bridgehead atoms. The lowest BCUT2D eigenvalue weighted by atomic mass is 10.2. The molecule has 4 aromatic rings. The number of benzene rings is 2. The lowest BCUT2D eigenvalue weighted by Gasteiger charge is -2.26. The molecule has 0 spiro atoms. The van der Waals surface area contributed by atoms with Gasteiger partial charge >= 0.3 is 0 Å². The number of nitrogens with one attached hydrogen (secondary N) is 4. The zero-order chi connectivity index (χ0) is 25.8. The summed E-state index contributed by atoms with van der Waals surface area (Å²) in [5, 5.41) is 5.51. The van der Waals surface area contributed by atoms with Gasteiger partial charge in [-0.15, -0.1) is 0 Å². The van der Waals surface area contributed by atoms with E-state index in [1.54, 1.807) is 6.07 Å². The van der Waals surface area contributed by atoms with E-state index in [0.29, 0.717) is 29.1 Å². The number of morpholine rings is 1. The van der Waals surface area contributed by atoms with E-state index in [-0.39, 0.29) is 17.3 Å². The van der Waals surface area contributed by atoms with Crippen LogP contribution in [0.15, 0.2) is 47.2 Å². The van der Waals surface area contributed by atoms with Gasteiger partial charge in [0.25, 0.3) is 11.8 Å². The lowest BCUT2D eigenvalue weighted by molar-refractivity contribution is 0.0323. The number of aromatic amines is 2. The largest absolute Gasteiger partial charge is 0.490 e. The molecule has 0 atom stereocenters. The first-order chi connectivity index (χ1) is 18.0. The molecule has 0 aliphatic carbocycles. The van der Waals surface area contributed by atoms with Crippen molar-refractivity contribution in [3.05, 3.63) is 64.1 Å². The van der Waals surface area contributed by atoms with Gasteiger partial charge in [-0.05, 0) is 36.8 Å². The minimum atomic E-state index is -0.578. The molecule has 0 radical (unpaired) electrons. The molecular weight excluding hydrogens is 542 g/mol. The van der Waals surface area contributed by atoms with Crippen molar-refractivity contribution in [2.45, 2.75) is 6.92 Å². The predicted molar refractivity (Wildman–Crippen MR) is 142 cm³/mol. The summed E-state index contributed by atoms with van der Waals surface area (Å²) in [4.78, 5) is 42.5. The molecule has 3 heterocycles. The van der Waals surface area contributed by atoms with Gasteiger partial charge in [0.05, 0.1) is 25.1 Å². The number of fused-ring (bicyclic) bond motifs is 1. The van der Waals surface area contributed by atoms with E-state index >= 15 is 0 Å². The van der Waals surface area contributed by atoms with Crippen LogP contribution in [0, 0.1) is 6.92 Å². The molecule has 1 fully saturated rings. The summed E-state index contributed by atoms with van der Waals surface area (Å²) in [5.41, 5.74) is 2.81. The van der Waals surface area contributed by atoms with Crippen LogP contribution in [0.3, 0.4) is 0 Å². The Morgan fingerprint density at radius 3 is 2.84 bits per heavy atom. The minimum Gasteiger partial charge on any atom is -0.490 e. The number of amides is 2. The number of aryl methyl sites for hydroxylation is 1. The van der Waals surface area contributed by atoms with Crippen LogP contribution in [-0.2, 0) is 4.74 Å². The van der Waals surface area contributed by atoms with Gasteiger partial charge in [-0.3, -0.25) is 19.8 Å². The second-order valence-electron chi connectivity index (χ2n) is 8.53. The van der Waals surface area contributed by atoms with Crippen molar-refractivity contribution in [3.63, 3.8) is 0 Å². The van der Waals surface area contributed by atoms with Crippen LogP contribution < -0.4 is 15.4 Å². The van der Waals surface area contributed by atoms with Crippen LogP contribution in [-0.4, -0.2) is 76.1 Å². The Labute approximate surface area is 221 Å². The monoisotopic (exact) mass is 567 g/mol. The smallest absolute Gasteiger partial charge is 0.279 e. The van der Waals surface area contributed by atoms with Gasteiger partial charge in [-0.2, -0.15) is 0 Å². The minimum absolute atomic E-state index is 0.0418. The van der Waals surface area contributed by atoms with Gasteiger partial charge in [-0.25, -0.2) is 9.97 Å². The van der Waals surface area contributed by atoms with Crippen molar-refractivity contribution < 1.29 is 19.1 Å². The number of hydrogen-bond donors (Lipinski definition) is 4. The van der Waals surface area contributed by atoms with Gasteiger partial charge in [-0.1, -0.05) is 28.1 Å². The Morgan fingerprint density at radius 2 is 2.00 bits per heavy atom. The van der Waals surface area contributed by atoms with Crippen LogP contribution in [0.5, 0.6) is 5.75 Å². The second-order valence-corrected chi connectivity index (χ2v) is 9.45. The summed E-state index contributed by atoms with van der Waals surface area (Å²) in [5.74, 6) is -0.194. The van der Waals surface area contributed by atoms with Crippen LogP contribution in [0.25, 0.3) is 11.0 Å². The van der Waals surface area contributed by atoms with E-state index in [0.717, 1.165) is 42.9 Å². The Kier molecular flexibility index (Phi) is 7.49. The Balaban J connectivity index is 1.26. The molecule has 37 heavy (non-hydrogen) atoms. The lowest BCUT2D eigenvalue weighted by Crippen LogP contribution is -2.38. The molecule has 11 nitrogen and oxygen atoms in total. The van der Waals surface area contributed by atoms with Crippen LogP contribution in [0.4, 0.5) is 11.6 Å². The number of ether oxygens (including phenoxy) is 2. The maximum atomic E-state index is 13.0. The number of hydrogen-bond acceptors (Lipinski definition) is 7. The molecule has 4 N–H and O–H groups in total. The molecular formula is C25H26BrN7O4. The molecule has 2 amide bonds. The predicted octanol–water partition coefficient (Wildman–Crippen LogP) is 3.57. The number of aromatic nitrogens is 4. The average molecular weight is 568 g/mol. The number of imidazole rings is 2. The van der Waals surface area contributed by atoms with E-state index in [1.165, 1.54) is 6.33 Å². The first-order valence-electron chi connectivity index (χ1n) is 11.8. The standard InChI is InChI=1S/C25H26BrN7O4/c1-15-5-6-16(26)13-18(15)29-23(34)21-22(28-14-27-21)24(35)32-25-30-17-3-2-4-19(20(17)31-25)37-12-9-33-7-10-36-11-8-33/h2-6,13-14H,7-12H2,1H3,(H,27,28)(H,29,34)(H2,30,31,32,35). The first kappa shape index (κ1) is 24.9. The summed E-state index contributed by atoms with van der Waals surface area (Å²) >= 11 is 3.40. The number of carbonyl (C=O) groups is 2. The molecule has 192 valence electrons. The van der Waals surface area contributed by atoms with Crippen molar-refractivity contribution in [3.8, 4) is 5.75 Å². The number of para-hydroxylation sites is 1. The van der Waals surface area contributed by atoms with Crippen LogP contribution in [0.1, 0.15) is 26.5 Å². The van der Waals surface area contributed by atoms with E-state index in [9.17, 15) is 9.59 Å². The first-order valence-corrected chi connectivity index (χ1v) is 12.6. The third-order valence-electron chi connectivity index (χ3n) is 6.01. The maximum Gasteiger partial charge on any atom is 0.279 e. The number of rotatable bonds is 8. The second kappa shape index (κ2) is 11.1. The summed E-state index contributed by atoms with van der Waals surface area (Å²) < 4.78 is 12.2. The molecule has 5 rings (SSSR count). The highest BCUT2D eigenvalue weighted by Gasteiger charge is 2.22. The average Bonchev–Trinajstić information content (AvgIpc) is 3.54. The van der Waals surface area contributed by atoms with E-state index in [4.69, 9.17) is 9.47 Å². The number of anilines is 2. The van der Waals surface area contributed by atoms with Crippen molar-refractivity contribution >= 4 is 50.4 Å².